The fourth-order valence-corrected chi connectivity index (χ4v) is 3.51. The van der Waals surface area contributed by atoms with E-state index in [0.29, 0.717) is 5.52 Å². The largest absolute Gasteiger partial charge is 0.309 e. The fourth-order valence-electron chi connectivity index (χ4n) is 3.51. The lowest BCUT2D eigenvalue weighted by Crippen LogP contribution is -2.12. The summed E-state index contributed by atoms with van der Waals surface area (Å²) in [5.74, 6) is -0.495. The third kappa shape index (κ3) is 2.72. The molecule has 1 aromatic heterocycles. The molecule has 0 unspecified atom stereocenters. The number of aryl methyl sites for hydroxylation is 2. The summed E-state index contributed by atoms with van der Waals surface area (Å²) in [6.45, 7) is 4.06. The number of nitrogens with zero attached hydrogens (tertiary/aromatic N) is 1. The average molecular weight is 343 g/mol. The Morgan fingerprint density at radius 2 is 1.50 bits per heavy atom. The fraction of sp³-hybridized carbons (Fsp3) is 0.0870. The molecule has 0 saturated heterocycles. The molecule has 0 aliphatic heterocycles. The van der Waals surface area contributed by atoms with E-state index in [4.69, 9.17) is 0 Å². The Labute approximate surface area is 151 Å². The molecule has 4 rings (SSSR count). The van der Waals surface area contributed by atoms with Crippen molar-refractivity contribution in [3.63, 3.8) is 0 Å². The first kappa shape index (κ1) is 16.3. The number of halogens is 1. The van der Waals surface area contributed by atoms with Crippen LogP contribution in [0, 0.1) is 19.7 Å². The quantitative estimate of drug-likeness (QED) is 0.477. The van der Waals surface area contributed by atoms with Crippen LogP contribution < -0.4 is 5.43 Å². The number of hydrogen-bond donors (Lipinski definition) is 0. The smallest absolute Gasteiger partial charge is 0.193 e. The second-order valence-corrected chi connectivity index (χ2v) is 6.58. The molecule has 0 spiro atoms. The highest BCUT2D eigenvalue weighted by molar-refractivity contribution is 5.85. The minimum atomic E-state index is -0.495. The first-order valence-electron chi connectivity index (χ1n) is 8.53. The second-order valence-electron chi connectivity index (χ2n) is 6.58. The van der Waals surface area contributed by atoms with Gasteiger partial charge in [-0.05, 0) is 54.8 Å². The standard InChI is InChI=1S/C23H18FNO/c1-15-11-16(2)13-18(12-15)25-20-10-6-9-19(24)23(20)22(26)14-21(25)17-7-4-3-5-8-17/h3-14H,1-2H3. The molecule has 0 atom stereocenters. The van der Waals surface area contributed by atoms with Gasteiger partial charge in [-0.2, -0.15) is 0 Å². The summed E-state index contributed by atoms with van der Waals surface area (Å²) in [5, 5.41) is 0.117. The molecule has 2 nitrogen and oxygen atoms in total. The maximum Gasteiger partial charge on any atom is 0.193 e. The van der Waals surface area contributed by atoms with Crippen molar-refractivity contribution < 1.29 is 4.39 Å². The Hall–Kier alpha value is -3.20. The van der Waals surface area contributed by atoms with Crippen LogP contribution in [0.15, 0.2) is 77.6 Å². The minimum Gasteiger partial charge on any atom is -0.309 e. The minimum absolute atomic E-state index is 0.117. The van der Waals surface area contributed by atoms with Gasteiger partial charge in [0.1, 0.15) is 5.82 Å². The average Bonchev–Trinajstić information content (AvgIpc) is 2.61. The Kier molecular flexibility index (Phi) is 3.92. The molecule has 26 heavy (non-hydrogen) atoms. The van der Waals surface area contributed by atoms with Gasteiger partial charge in [0.15, 0.2) is 5.43 Å². The van der Waals surface area contributed by atoms with Crippen molar-refractivity contribution in [2.45, 2.75) is 13.8 Å². The first-order valence-corrected chi connectivity index (χ1v) is 8.53. The van der Waals surface area contributed by atoms with E-state index in [1.165, 1.54) is 12.1 Å². The molecule has 3 heteroatoms. The van der Waals surface area contributed by atoms with Gasteiger partial charge in [-0.15, -0.1) is 0 Å². The van der Waals surface area contributed by atoms with E-state index in [1.807, 2.05) is 60.9 Å². The molecule has 0 amide bonds. The van der Waals surface area contributed by atoms with Crippen molar-refractivity contribution in [3.05, 3.63) is 100.0 Å². The molecule has 128 valence electrons. The van der Waals surface area contributed by atoms with E-state index in [0.717, 1.165) is 28.1 Å². The van der Waals surface area contributed by atoms with E-state index in [-0.39, 0.29) is 10.8 Å². The van der Waals surface area contributed by atoms with E-state index in [2.05, 4.69) is 6.07 Å². The summed E-state index contributed by atoms with van der Waals surface area (Å²) in [5.41, 5.74) is 5.06. The number of aromatic nitrogens is 1. The number of rotatable bonds is 2. The monoisotopic (exact) mass is 343 g/mol. The van der Waals surface area contributed by atoms with Crippen molar-refractivity contribution in [1.82, 2.24) is 4.57 Å². The van der Waals surface area contributed by atoms with Gasteiger partial charge in [0.25, 0.3) is 0 Å². The number of benzene rings is 3. The van der Waals surface area contributed by atoms with Crippen LogP contribution >= 0.6 is 0 Å². The summed E-state index contributed by atoms with van der Waals surface area (Å²) < 4.78 is 16.4. The molecule has 0 N–H and O–H groups in total. The maximum atomic E-state index is 14.4. The predicted octanol–water partition coefficient (Wildman–Crippen LogP) is 5.41. The second kappa shape index (κ2) is 6.26. The normalized spacial score (nSPS) is 11.0. The molecule has 3 aromatic carbocycles. The molecule has 0 fully saturated rings. The van der Waals surface area contributed by atoms with Gasteiger partial charge in [0.05, 0.1) is 16.6 Å². The summed E-state index contributed by atoms with van der Waals surface area (Å²) in [6, 6.07) is 22.2. The molecule has 0 bridgehead atoms. The zero-order valence-corrected chi connectivity index (χ0v) is 14.7. The van der Waals surface area contributed by atoms with Gasteiger partial charge in [0, 0.05) is 11.8 Å². The van der Waals surface area contributed by atoms with Gasteiger partial charge in [0.2, 0.25) is 0 Å². The SMILES string of the molecule is Cc1cc(C)cc(-n2c(-c3ccccc3)cc(=O)c3c(F)cccc32)c1. The predicted molar refractivity (Wildman–Crippen MR) is 104 cm³/mol. The topological polar surface area (TPSA) is 22.0 Å². The van der Waals surface area contributed by atoms with Crippen molar-refractivity contribution in [2.24, 2.45) is 0 Å². The zero-order chi connectivity index (χ0) is 18.3. The van der Waals surface area contributed by atoms with Gasteiger partial charge < -0.3 is 4.57 Å². The van der Waals surface area contributed by atoms with Crippen molar-refractivity contribution in [3.8, 4) is 16.9 Å². The van der Waals surface area contributed by atoms with Gasteiger partial charge in [-0.25, -0.2) is 4.39 Å². The van der Waals surface area contributed by atoms with Gasteiger partial charge in [-0.3, -0.25) is 4.79 Å². The zero-order valence-electron chi connectivity index (χ0n) is 14.7. The van der Waals surface area contributed by atoms with Crippen LogP contribution in [0.3, 0.4) is 0 Å². The Balaban J connectivity index is 2.20. The van der Waals surface area contributed by atoms with Crippen LogP contribution in [0.25, 0.3) is 27.8 Å². The number of fused-ring (bicyclic) bond motifs is 1. The lowest BCUT2D eigenvalue weighted by Gasteiger charge is -2.18. The molecular formula is C23H18FNO. The summed E-state index contributed by atoms with van der Waals surface area (Å²) in [4.78, 5) is 12.7. The Morgan fingerprint density at radius 1 is 0.808 bits per heavy atom. The van der Waals surface area contributed by atoms with Crippen LogP contribution in [0.4, 0.5) is 4.39 Å². The Morgan fingerprint density at radius 3 is 2.19 bits per heavy atom. The van der Waals surface area contributed by atoms with Crippen LogP contribution in [0.2, 0.25) is 0 Å². The van der Waals surface area contributed by atoms with Gasteiger partial charge in [-0.1, -0.05) is 42.5 Å². The summed E-state index contributed by atoms with van der Waals surface area (Å²) in [7, 11) is 0. The van der Waals surface area contributed by atoms with Crippen molar-refractivity contribution in [2.75, 3.05) is 0 Å². The van der Waals surface area contributed by atoms with E-state index in [1.54, 1.807) is 12.1 Å². The molecule has 0 aliphatic rings. The van der Waals surface area contributed by atoms with E-state index >= 15 is 0 Å². The van der Waals surface area contributed by atoms with E-state index in [9.17, 15) is 9.18 Å². The lowest BCUT2D eigenvalue weighted by molar-refractivity contribution is 0.638. The highest BCUT2D eigenvalue weighted by atomic mass is 19.1. The lowest BCUT2D eigenvalue weighted by atomic mass is 10.1. The molecule has 0 aliphatic carbocycles. The molecule has 4 aromatic rings. The third-order valence-electron chi connectivity index (χ3n) is 4.52. The number of pyridine rings is 1. The molecular weight excluding hydrogens is 325 g/mol. The van der Waals surface area contributed by atoms with Crippen molar-refractivity contribution in [1.29, 1.82) is 0 Å². The van der Waals surface area contributed by atoms with Crippen LogP contribution in [-0.4, -0.2) is 4.57 Å². The van der Waals surface area contributed by atoms with E-state index < -0.39 is 5.82 Å². The van der Waals surface area contributed by atoms with Crippen LogP contribution in [0.5, 0.6) is 0 Å². The van der Waals surface area contributed by atoms with Crippen LogP contribution in [0.1, 0.15) is 11.1 Å². The summed E-state index contributed by atoms with van der Waals surface area (Å²) in [6.07, 6.45) is 0. The highest BCUT2D eigenvalue weighted by Gasteiger charge is 2.15. The third-order valence-corrected chi connectivity index (χ3v) is 4.52. The molecule has 0 radical (unpaired) electrons. The number of hydrogen-bond acceptors (Lipinski definition) is 1. The van der Waals surface area contributed by atoms with Gasteiger partial charge >= 0.3 is 0 Å². The Bertz CT molecular complexity index is 1160. The highest BCUT2D eigenvalue weighted by Crippen LogP contribution is 2.28. The molecule has 1 heterocycles. The maximum absolute atomic E-state index is 14.4. The first-order chi connectivity index (χ1) is 12.5. The molecule has 0 saturated carbocycles. The van der Waals surface area contributed by atoms with Crippen molar-refractivity contribution >= 4 is 10.9 Å². The van der Waals surface area contributed by atoms with Crippen LogP contribution in [-0.2, 0) is 0 Å². The summed E-state index contributed by atoms with van der Waals surface area (Å²) >= 11 is 0.